The fourth-order valence-electron chi connectivity index (χ4n) is 3.71. The molecule has 2 aromatic carbocycles. The molecular formula is C21H22O3. The summed E-state index contributed by atoms with van der Waals surface area (Å²) in [4.78, 5) is 12.5. The molecule has 3 nitrogen and oxygen atoms in total. The molecule has 0 N–H and O–H groups in total. The van der Waals surface area contributed by atoms with E-state index in [1.54, 1.807) is 0 Å². The van der Waals surface area contributed by atoms with Gasteiger partial charge in [0.05, 0.1) is 12.7 Å². The molecule has 2 heterocycles. The second kappa shape index (κ2) is 6.50. The first kappa shape index (κ1) is 15.6. The highest BCUT2D eigenvalue weighted by atomic mass is 16.7. The molecule has 0 saturated carbocycles. The van der Waals surface area contributed by atoms with Gasteiger partial charge in [0.1, 0.15) is 0 Å². The minimum Gasteiger partial charge on any atom is -0.350 e. The molecule has 0 unspecified atom stereocenters. The number of ketones is 1. The minimum atomic E-state index is -0.387. The zero-order valence-corrected chi connectivity index (χ0v) is 13.7. The van der Waals surface area contributed by atoms with Gasteiger partial charge in [-0.05, 0) is 24.0 Å². The highest BCUT2D eigenvalue weighted by molar-refractivity contribution is 5.96. The van der Waals surface area contributed by atoms with Crippen molar-refractivity contribution in [2.24, 2.45) is 0 Å². The molecule has 0 amide bonds. The second-order valence-electron chi connectivity index (χ2n) is 6.71. The van der Waals surface area contributed by atoms with Gasteiger partial charge in [-0.2, -0.15) is 0 Å². The van der Waals surface area contributed by atoms with Gasteiger partial charge < -0.3 is 9.47 Å². The molecule has 3 heteroatoms. The third kappa shape index (κ3) is 3.14. The molecule has 2 aromatic rings. The van der Waals surface area contributed by atoms with E-state index in [9.17, 15) is 4.79 Å². The van der Waals surface area contributed by atoms with Crippen LogP contribution in [0.1, 0.15) is 42.5 Å². The molecule has 0 aromatic heterocycles. The van der Waals surface area contributed by atoms with Crippen LogP contribution in [-0.2, 0) is 9.47 Å². The van der Waals surface area contributed by atoms with E-state index in [1.807, 2.05) is 42.5 Å². The standard InChI is InChI=1S/C21H22O3/c22-20(15-19-11-13-21(24-19)12-4-14-23-21)18-9-7-17(8-10-18)16-5-2-1-3-6-16/h1-3,5-10,19H,4,11-15H2/t19-,21-/m1/s1. The molecule has 2 fully saturated rings. The van der Waals surface area contributed by atoms with Crippen LogP contribution < -0.4 is 0 Å². The number of rotatable bonds is 4. The third-order valence-corrected chi connectivity index (χ3v) is 5.02. The van der Waals surface area contributed by atoms with Crippen LogP contribution in [0.3, 0.4) is 0 Å². The first-order chi connectivity index (χ1) is 11.7. The summed E-state index contributed by atoms with van der Waals surface area (Å²) in [6, 6.07) is 18.1. The zero-order chi connectivity index (χ0) is 16.4. The molecule has 2 aliphatic rings. The molecule has 2 saturated heterocycles. The predicted molar refractivity (Wildman–Crippen MR) is 92.8 cm³/mol. The van der Waals surface area contributed by atoms with Crippen molar-refractivity contribution in [3.05, 3.63) is 60.2 Å². The predicted octanol–water partition coefficient (Wildman–Crippen LogP) is 4.61. The van der Waals surface area contributed by atoms with Crippen molar-refractivity contribution < 1.29 is 14.3 Å². The zero-order valence-electron chi connectivity index (χ0n) is 13.7. The van der Waals surface area contributed by atoms with Crippen LogP contribution in [0.4, 0.5) is 0 Å². The maximum absolute atomic E-state index is 12.5. The van der Waals surface area contributed by atoms with Gasteiger partial charge in [0, 0.05) is 24.8 Å². The monoisotopic (exact) mass is 322 g/mol. The van der Waals surface area contributed by atoms with Gasteiger partial charge in [-0.1, -0.05) is 54.6 Å². The van der Waals surface area contributed by atoms with Crippen LogP contribution in [0.2, 0.25) is 0 Å². The average Bonchev–Trinajstić information content (AvgIpc) is 3.26. The number of hydrogen-bond acceptors (Lipinski definition) is 3. The Morgan fingerprint density at radius 3 is 2.46 bits per heavy atom. The van der Waals surface area contributed by atoms with Crippen LogP contribution in [0.15, 0.2) is 54.6 Å². The molecule has 2 atom stereocenters. The number of carbonyl (C=O) groups excluding carboxylic acids is 1. The highest BCUT2D eigenvalue weighted by Crippen LogP contribution is 2.40. The lowest BCUT2D eigenvalue weighted by molar-refractivity contribution is -0.197. The Morgan fingerprint density at radius 1 is 1.00 bits per heavy atom. The summed E-state index contributed by atoms with van der Waals surface area (Å²) >= 11 is 0. The maximum atomic E-state index is 12.5. The lowest BCUT2D eigenvalue weighted by Gasteiger charge is -2.22. The van der Waals surface area contributed by atoms with Gasteiger partial charge in [0.15, 0.2) is 11.6 Å². The molecule has 4 rings (SSSR count). The van der Waals surface area contributed by atoms with Gasteiger partial charge in [-0.3, -0.25) is 4.79 Å². The molecule has 24 heavy (non-hydrogen) atoms. The number of benzene rings is 2. The van der Waals surface area contributed by atoms with Crippen molar-refractivity contribution in [3.8, 4) is 11.1 Å². The van der Waals surface area contributed by atoms with E-state index in [2.05, 4.69) is 12.1 Å². The maximum Gasteiger partial charge on any atom is 0.168 e. The minimum absolute atomic E-state index is 0.00981. The third-order valence-electron chi connectivity index (χ3n) is 5.02. The van der Waals surface area contributed by atoms with Crippen molar-refractivity contribution in [1.29, 1.82) is 0 Å². The molecular weight excluding hydrogens is 300 g/mol. The van der Waals surface area contributed by atoms with Crippen LogP contribution in [0, 0.1) is 0 Å². The highest BCUT2D eigenvalue weighted by Gasteiger charge is 2.44. The van der Waals surface area contributed by atoms with E-state index in [1.165, 1.54) is 0 Å². The van der Waals surface area contributed by atoms with Crippen LogP contribution in [-0.4, -0.2) is 24.3 Å². The smallest absolute Gasteiger partial charge is 0.168 e. The van der Waals surface area contributed by atoms with Crippen molar-refractivity contribution in [2.45, 2.75) is 44.0 Å². The van der Waals surface area contributed by atoms with Crippen LogP contribution in [0.25, 0.3) is 11.1 Å². The Kier molecular flexibility index (Phi) is 4.21. The summed E-state index contributed by atoms with van der Waals surface area (Å²) in [7, 11) is 0. The Bertz CT molecular complexity index is 700. The Labute approximate surface area is 142 Å². The molecule has 0 aliphatic carbocycles. The largest absolute Gasteiger partial charge is 0.350 e. The van der Waals surface area contributed by atoms with E-state index in [4.69, 9.17) is 9.47 Å². The lowest BCUT2D eigenvalue weighted by atomic mass is 9.99. The summed E-state index contributed by atoms with van der Waals surface area (Å²) < 4.78 is 11.8. The fraction of sp³-hybridized carbons (Fsp3) is 0.381. The molecule has 0 bridgehead atoms. The topological polar surface area (TPSA) is 35.5 Å². The van der Waals surface area contributed by atoms with Crippen molar-refractivity contribution in [3.63, 3.8) is 0 Å². The number of ether oxygens (including phenoxy) is 2. The second-order valence-corrected chi connectivity index (χ2v) is 6.71. The first-order valence-corrected chi connectivity index (χ1v) is 8.75. The van der Waals surface area contributed by atoms with Gasteiger partial charge in [0.2, 0.25) is 0 Å². The summed E-state index contributed by atoms with van der Waals surface area (Å²) in [6.45, 7) is 0.779. The van der Waals surface area contributed by atoms with Crippen molar-refractivity contribution in [2.75, 3.05) is 6.61 Å². The quantitative estimate of drug-likeness (QED) is 0.771. The van der Waals surface area contributed by atoms with Gasteiger partial charge >= 0.3 is 0 Å². The van der Waals surface area contributed by atoms with Crippen LogP contribution in [0.5, 0.6) is 0 Å². The van der Waals surface area contributed by atoms with Crippen LogP contribution >= 0.6 is 0 Å². The SMILES string of the molecule is O=C(C[C@H]1CC[C@@]2(CCCO2)O1)c1ccc(-c2ccccc2)cc1. The molecule has 1 spiro atoms. The molecule has 0 radical (unpaired) electrons. The van der Waals surface area contributed by atoms with E-state index in [0.717, 1.165) is 49.0 Å². The van der Waals surface area contributed by atoms with E-state index >= 15 is 0 Å². The molecule has 2 aliphatic heterocycles. The summed E-state index contributed by atoms with van der Waals surface area (Å²) in [5.41, 5.74) is 3.05. The first-order valence-electron chi connectivity index (χ1n) is 8.75. The lowest BCUT2D eigenvalue weighted by Crippen LogP contribution is -2.28. The fourth-order valence-corrected chi connectivity index (χ4v) is 3.71. The molecule has 124 valence electrons. The summed E-state index contributed by atoms with van der Waals surface area (Å²) in [6.07, 6.45) is 4.27. The van der Waals surface area contributed by atoms with Gasteiger partial charge in [-0.25, -0.2) is 0 Å². The Balaban J connectivity index is 1.40. The Hall–Kier alpha value is -1.97. The van der Waals surface area contributed by atoms with E-state index in [-0.39, 0.29) is 17.7 Å². The number of Topliss-reactive ketones (excluding diaryl/α,β-unsaturated/α-hetero) is 1. The Morgan fingerprint density at radius 2 is 1.75 bits per heavy atom. The van der Waals surface area contributed by atoms with Gasteiger partial charge in [-0.15, -0.1) is 0 Å². The van der Waals surface area contributed by atoms with Gasteiger partial charge in [0.25, 0.3) is 0 Å². The summed E-state index contributed by atoms with van der Waals surface area (Å²) in [5, 5.41) is 0. The normalized spacial score (nSPS) is 26.1. The summed E-state index contributed by atoms with van der Waals surface area (Å²) in [5.74, 6) is -0.239. The van der Waals surface area contributed by atoms with Crippen molar-refractivity contribution in [1.82, 2.24) is 0 Å². The van der Waals surface area contributed by atoms with E-state index in [0.29, 0.717) is 6.42 Å². The number of carbonyl (C=O) groups is 1. The average molecular weight is 322 g/mol. The number of hydrogen-bond donors (Lipinski definition) is 0. The van der Waals surface area contributed by atoms with Crippen molar-refractivity contribution >= 4 is 5.78 Å². The van der Waals surface area contributed by atoms with E-state index < -0.39 is 0 Å².